The van der Waals surface area contributed by atoms with E-state index in [4.69, 9.17) is 21.4 Å². The highest BCUT2D eigenvalue weighted by atomic mass is 32.1. The SMILES string of the molecule is CCOC(=O)c1ccc(NC(=O)c2oc3c(c2C)/C(=N/NC(=S)Nc2ccccc2)CCC3)cc1. The summed E-state index contributed by atoms with van der Waals surface area (Å²) in [6.45, 7) is 3.90. The van der Waals surface area contributed by atoms with E-state index in [-0.39, 0.29) is 11.7 Å². The number of thiocarbonyl (C=S) groups is 1. The van der Waals surface area contributed by atoms with Crippen molar-refractivity contribution in [2.24, 2.45) is 5.10 Å². The number of carbonyl (C=O) groups is 2. The Bertz CT molecular complexity index is 1270. The van der Waals surface area contributed by atoms with Crippen molar-refractivity contribution in [2.45, 2.75) is 33.1 Å². The van der Waals surface area contributed by atoms with Crippen LogP contribution in [0, 0.1) is 6.92 Å². The van der Waals surface area contributed by atoms with Crippen molar-refractivity contribution in [3.8, 4) is 0 Å². The van der Waals surface area contributed by atoms with Crippen molar-refractivity contribution >= 4 is 46.3 Å². The fraction of sp³-hybridized carbons (Fsp3) is 0.231. The fourth-order valence-corrected chi connectivity index (χ4v) is 4.05. The van der Waals surface area contributed by atoms with E-state index in [2.05, 4.69) is 21.2 Å². The summed E-state index contributed by atoms with van der Waals surface area (Å²) in [6.07, 6.45) is 2.32. The molecule has 8 nitrogen and oxygen atoms in total. The Morgan fingerprint density at radius 1 is 1.03 bits per heavy atom. The number of anilines is 2. The highest BCUT2D eigenvalue weighted by Crippen LogP contribution is 2.30. The quantitative estimate of drug-likeness (QED) is 0.252. The van der Waals surface area contributed by atoms with Crippen LogP contribution in [0.5, 0.6) is 0 Å². The predicted octanol–water partition coefficient (Wildman–Crippen LogP) is 5.04. The van der Waals surface area contributed by atoms with Gasteiger partial charge in [0.05, 0.1) is 17.9 Å². The van der Waals surface area contributed by atoms with Gasteiger partial charge in [-0.05, 0) is 75.3 Å². The van der Waals surface area contributed by atoms with Gasteiger partial charge in [-0.3, -0.25) is 10.2 Å². The first-order valence-electron chi connectivity index (χ1n) is 11.4. The van der Waals surface area contributed by atoms with E-state index in [1.807, 2.05) is 37.3 Å². The van der Waals surface area contributed by atoms with Gasteiger partial charge >= 0.3 is 5.97 Å². The summed E-state index contributed by atoms with van der Waals surface area (Å²) in [5, 5.41) is 10.8. The number of rotatable bonds is 6. The molecule has 0 atom stereocenters. The third kappa shape index (κ3) is 5.75. The summed E-state index contributed by atoms with van der Waals surface area (Å²) in [4.78, 5) is 24.8. The van der Waals surface area contributed by atoms with Gasteiger partial charge in [-0.25, -0.2) is 4.79 Å². The third-order valence-corrected chi connectivity index (χ3v) is 5.70. The first-order chi connectivity index (χ1) is 17.0. The van der Waals surface area contributed by atoms with Crippen LogP contribution in [0.4, 0.5) is 11.4 Å². The fourth-order valence-electron chi connectivity index (χ4n) is 3.89. The van der Waals surface area contributed by atoms with E-state index in [0.29, 0.717) is 23.0 Å². The summed E-state index contributed by atoms with van der Waals surface area (Å²) in [5.41, 5.74) is 7.09. The normalized spacial score (nSPS) is 13.6. The van der Waals surface area contributed by atoms with Gasteiger partial charge in [0.2, 0.25) is 0 Å². The highest BCUT2D eigenvalue weighted by molar-refractivity contribution is 7.80. The number of nitrogens with one attached hydrogen (secondary N) is 3. The second-order valence-electron chi connectivity index (χ2n) is 7.95. The molecule has 1 amide bonds. The molecule has 35 heavy (non-hydrogen) atoms. The van der Waals surface area contributed by atoms with Crippen molar-refractivity contribution in [1.29, 1.82) is 0 Å². The molecule has 0 unspecified atom stereocenters. The second kappa shape index (κ2) is 11.0. The van der Waals surface area contributed by atoms with Gasteiger partial charge in [-0.2, -0.15) is 5.10 Å². The lowest BCUT2D eigenvalue weighted by Crippen LogP contribution is -2.26. The molecule has 0 spiro atoms. The van der Waals surface area contributed by atoms with Crippen LogP contribution in [0.1, 0.15) is 57.6 Å². The zero-order valence-corrected chi connectivity index (χ0v) is 20.3. The number of carbonyl (C=O) groups excluding carboxylic acids is 2. The Morgan fingerprint density at radius 2 is 1.74 bits per heavy atom. The minimum absolute atomic E-state index is 0.240. The van der Waals surface area contributed by atoms with Crippen molar-refractivity contribution in [3.05, 3.63) is 82.8 Å². The number of esters is 1. The van der Waals surface area contributed by atoms with E-state index in [1.165, 1.54) is 0 Å². The maximum absolute atomic E-state index is 13.0. The molecule has 1 heterocycles. The Balaban J connectivity index is 1.47. The molecular formula is C26H26N4O4S. The molecule has 1 aromatic heterocycles. The molecule has 0 bridgehead atoms. The van der Waals surface area contributed by atoms with E-state index in [0.717, 1.165) is 47.5 Å². The van der Waals surface area contributed by atoms with Crippen LogP contribution in [-0.2, 0) is 11.2 Å². The lowest BCUT2D eigenvalue weighted by atomic mass is 9.93. The Morgan fingerprint density at radius 3 is 2.46 bits per heavy atom. The van der Waals surface area contributed by atoms with Crippen LogP contribution in [0.15, 0.2) is 64.1 Å². The zero-order valence-electron chi connectivity index (χ0n) is 19.5. The summed E-state index contributed by atoms with van der Waals surface area (Å²) < 4.78 is 10.9. The van der Waals surface area contributed by atoms with Gasteiger partial charge in [0.25, 0.3) is 5.91 Å². The topological polar surface area (TPSA) is 105 Å². The van der Waals surface area contributed by atoms with Crippen molar-refractivity contribution in [1.82, 2.24) is 5.43 Å². The maximum Gasteiger partial charge on any atom is 0.338 e. The number of ether oxygens (including phenoxy) is 1. The molecule has 2 aromatic carbocycles. The van der Waals surface area contributed by atoms with E-state index >= 15 is 0 Å². The number of fused-ring (bicyclic) bond motifs is 1. The third-order valence-electron chi connectivity index (χ3n) is 5.51. The molecule has 0 fully saturated rings. The summed E-state index contributed by atoms with van der Waals surface area (Å²) in [7, 11) is 0. The first-order valence-corrected chi connectivity index (χ1v) is 11.8. The van der Waals surface area contributed by atoms with Gasteiger partial charge < -0.3 is 19.8 Å². The Hall–Kier alpha value is -3.98. The summed E-state index contributed by atoms with van der Waals surface area (Å²) >= 11 is 5.35. The molecule has 1 aliphatic rings. The number of nitrogens with zero attached hydrogens (tertiary/aromatic N) is 1. The molecular weight excluding hydrogens is 464 g/mol. The number of benzene rings is 2. The van der Waals surface area contributed by atoms with Gasteiger partial charge in [0.1, 0.15) is 5.76 Å². The van der Waals surface area contributed by atoms with E-state index < -0.39 is 5.97 Å². The van der Waals surface area contributed by atoms with Gasteiger partial charge in [-0.1, -0.05) is 18.2 Å². The predicted molar refractivity (Wildman–Crippen MR) is 139 cm³/mol. The lowest BCUT2D eigenvalue weighted by molar-refractivity contribution is 0.0526. The Labute approximate surface area is 208 Å². The molecule has 4 rings (SSSR count). The number of furan rings is 1. The molecule has 0 radical (unpaired) electrons. The van der Waals surface area contributed by atoms with Gasteiger partial charge in [0.15, 0.2) is 10.9 Å². The minimum atomic E-state index is -0.404. The average Bonchev–Trinajstić information content (AvgIpc) is 3.21. The number of hydrogen-bond donors (Lipinski definition) is 3. The van der Waals surface area contributed by atoms with Crippen LogP contribution >= 0.6 is 12.2 Å². The maximum atomic E-state index is 13.0. The molecule has 180 valence electrons. The number of amides is 1. The van der Waals surface area contributed by atoms with Gasteiger partial charge in [-0.15, -0.1) is 0 Å². The number of aryl methyl sites for hydroxylation is 1. The molecule has 3 N–H and O–H groups in total. The highest BCUT2D eigenvalue weighted by Gasteiger charge is 2.28. The van der Waals surface area contributed by atoms with Crippen molar-refractivity contribution in [3.63, 3.8) is 0 Å². The second-order valence-corrected chi connectivity index (χ2v) is 8.36. The Kier molecular flexibility index (Phi) is 7.57. The van der Waals surface area contributed by atoms with Crippen LogP contribution in [0.25, 0.3) is 0 Å². The van der Waals surface area contributed by atoms with Crippen molar-refractivity contribution in [2.75, 3.05) is 17.2 Å². The molecule has 1 aliphatic carbocycles. The van der Waals surface area contributed by atoms with Crippen LogP contribution in [0.3, 0.4) is 0 Å². The first kappa shape index (κ1) is 24.2. The molecule has 3 aromatic rings. The monoisotopic (exact) mass is 490 g/mol. The lowest BCUT2D eigenvalue weighted by Gasteiger charge is -2.14. The minimum Gasteiger partial charge on any atom is -0.462 e. The average molecular weight is 491 g/mol. The molecule has 0 aliphatic heterocycles. The summed E-state index contributed by atoms with van der Waals surface area (Å²) in [5.74, 6) is 0.205. The largest absolute Gasteiger partial charge is 0.462 e. The number of hydrogen-bond acceptors (Lipinski definition) is 6. The van der Waals surface area contributed by atoms with E-state index in [1.54, 1.807) is 31.2 Å². The van der Waals surface area contributed by atoms with Gasteiger partial charge in [0, 0.05) is 28.9 Å². The zero-order chi connectivity index (χ0) is 24.8. The van der Waals surface area contributed by atoms with Crippen molar-refractivity contribution < 1.29 is 18.7 Å². The molecule has 0 saturated carbocycles. The number of hydrazone groups is 1. The van der Waals surface area contributed by atoms with Crippen LogP contribution in [-0.4, -0.2) is 29.3 Å². The van der Waals surface area contributed by atoms with E-state index in [9.17, 15) is 9.59 Å². The van der Waals surface area contributed by atoms with Crippen LogP contribution < -0.4 is 16.1 Å². The standard InChI is InChI=1S/C26H26N4O4S/c1-3-33-25(32)17-12-14-19(15-13-17)27-24(31)23-16(2)22-20(10-7-11-21(22)34-23)29-30-26(35)28-18-8-5-4-6-9-18/h4-6,8-9,12-15H,3,7,10-11H2,1-2H3,(H,27,31)(H2,28,30,35)/b29-20+. The molecule has 9 heteroatoms. The summed E-state index contributed by atoms with van der Waals surface area (Å²) in [6, 6.07) is 16.1. The van der Waals surface area contributed by atoms with Crippen LogP contribution in [0.2, 0.25) is 0 Å². The number of para-hydroxylation sites is 1. The molecule has 0 saturated heterocycles. The smallest absolute Gasteiger partial charge is 0.338 e.